The lowest BCUT2D eigenvalue weighted by atomic mass is 10.1. The fourth-order valence-electron chi connectivity index (χ4n) is 1.23. The van der Waals surface area contributed by atoms with Crippen molar-refractivity contribution in [3.05, 3.63) is 29.3 Å². The van der Waals surface area contributed by atoms with E-state index in [1.165, 1.54) is 0 Å². The van der Waals surface area contributed by atoms with Crippen molar-refractivity contribution in [3.8, 4) is 6.07 Å². The van der Waals surface area contributed by atoms with E-state index >= 15 is 0 Å². The lowest BCUT2D eigenvalue weighted by molar-refractivity contribution is -0.0327. The van der Waals surface area contributed by atoms with Crippen LogP contribution in [0.15, 0.2) is 18.2 Å². The Labute approximate surface area is 102 Å². The molecule has 0 unspecified atom stereocenters. The Balaban J connectivity index is 2.49. The molecule has 17 heavy (non-hydrogen) atoms. The number of hydrogen-bond acceptors (Lipinski definition) is 3. The van der Waals surface area contributed by atoms with Crippen LogP contribution in [0, 0.1) is 18.3 Å². The maximum absolute atomic E-state index is 11.9. The van der Waals surface area contributed by atoms with Gasteiger partial charge in [-0.15, -0.1) is 0 Å². The molecule has 0 saturated carbocycles. The van der Waals surface area contributed by atoms with Gasteiger partial charge in [0.25, 0.3) is 0 Å². The molecule has 0 heterocycles. The second-order valence-electron chi connectivity index (χ2n) is 3.36. The molecule has 0 bridgehead atoms. The summed E-state index contributed by atoms with van der Waals surface area (Å²) in [6, 6.07) is 7.05. The Hall–Kier alpha value is -1.35. The van der Waals surface area contributed by atoms with Crippen molar-refractivity contribution in [1.82, 2.24) is 0 Å². The average Bonchev–Trinajstić information content (AvgIpc) is 2.25. The minimum atomic E-state index is -4.19. The van der Waals surface area contributed by atoms with Gasteiger partial charge in [-0.05, 0) is 36.4 Å². The van der Waals surface area contributed by atoms with E-state index in [-0.39, 0.29) is 24.1 Å². The summed E-state index contributed by atoms with van der Waals surface area (Å²) >= 11 is -0.0589. The van der Waals surface area contributed by atoms with E-state index in [1.807, 2.05) is 13.0 Å². The number of hydrogen-bond donors (Lipinski definition) is 1. The predicted molar refractivity (Wildman–Crippen MR) is 62.9 cm³/mol. The number of rotatable bonds is 4. The van der Waals surface area contributed by atoms with E-state index in [0.717, 1.165) is 5.56 Å². The van der Waals surface area contributed by atoms with Crippen LogP contribution in [0.3, 0.4) is 0 Å². The second-order valence-corrected chi connectivity index (χ2v) is 4.52. The van der Waals surface area contributed by atoms with Gasteiger partial charge in [-0.1, -0.05) is 6.07 Å². The smallest absolute Gasteiger partial charge is 0.384 e. The first-order chi connectivity index (χ1) is 7.92. The van der Waals surface area contributed by atoms with Gasteiger partial charge in [0.2, 0.25) is 0 Å². The van der Waals surface area contributed by atoms with Gasteiger partial charge in [0.05, 0.1) is 11.6 Å². The van der Waals surface area contributed by atoms with Crippen molar-refractivity contribution in [2.45, 2.75) is 12.4 Å². The molecular weight excluding hydrogens is 249 g/mol. The quantitative estimate of drug-likeness (QED) is 0.841. The van der Waals surface area contributed by atoms with Crippen LogP contribution < -0.4 is 5.32 Å². The maximum atomic E-state index is 11.9. The zero-order chi connectivity index (χ0) is 12.9. The predicted octanol–water partition coefficient (Wildman–Crippen LogP) is 3.53. The third kappa shape index (κ3) is 5.00. The van der Waals surface area contributed by atoms with Crippen molar-refractivity contribution < 1.29 is 13.2 Å². The van der Waals surface area contributed by atoms with Gasteiger partial charge in [0.1, 0.15) is 0 Å². The first-order valence-corrected chi connectivity index (χ1v) is 5.86. The topological polar surface area (TPSA) is 35.8 Å². The van der Waals surface area contributed by atoms with E-state index in [0.29, 0.717) is 11.3 Å². The molecule has 0 aromatic heterocycles. The van der Waals surface area contributed by atoms with Crippen LogP contribution >= 0.6 is 11.8 Å². The molecular formula is C11H11F3N2S. The highest BCUT2D eigenvalue weighted by atomic mass is 32.2. The van der Waals surface area contributed by atoms with Crippen LogP contribution in [0.4, 0.5) is 18.9 Å². The summed E-state index contributed by atoms with van der Waals surface area (Å²) in [4.78, 5) is 0. The molecule has 0 spiro atoms. The average molecular weight is 260 g/mol. The fraction of sp³-hybridized carbons (Fsp3) is 0.364. The highest BCUT2D eigenvalue weighted by molar-refractivity contribution is 8.00. The van der Waals surface area contributed by atoms with Crippen molar-refractivity contribution in [1.29, 1.82) is 5.26 Å². The summed E-state index contributed by atoms with van der Waals surface area (Å²) in [5, 5.41) is 11.6. The van der Waals surface area contributed by atoms with Gasteiger partial charge in [-0.2, -0.15) is 18.4 Å². The minimum Gasteiger partial charge on any atom is -0.384 e. The highest BCUT2D eigenvalue weighted by Crippen LogP contribution is 2.29. The molecule has 6 heteroatoms. The first-order valence-electron chi connectivity index (χ1n) is 4.87. The Bertz CT molecular complexity index is 424. The normalized spacial score (nSPS) is 11.0. The maximum Gasteiger partial charge on any atom is 0.441 e. The second kappa shape index (κ2) is 5.82. The van der Waals surface area contributed by atoms with Gasteiger partial charge in [-0.25, -0.2) is 0 Å². The van der Waals surface area contributed by atoms with Crippen LogP contribution in [0.2, 0.25) is 0 Å². The largest absolute Gasteiger partial charge is 0.441 e. The van der Waals surface area contributed by atoms with Crippen molar-refractivity contribution in [3.63, 3.8) is 0 Å². The van der Waals surface area contributed by atoms with Crippen LogP contribution in [-0.4, -0.2) is 17.8 Å². The molecule has 0 aliphatic carbocycles. The number of nitriles is 1. The number of anilines is 1. The van der Waals surface area contributed by atoms with E-state index in [2.05, 4.69) is 5.32 Å². The third-order valence-electron chi connectivity index (χ3n) is 2.05. The number of benzene rings is 1. The summed E-state index contributed by atoms with van der Waals surface area (Å²) in [6.45, 7) is 2.04. The number of halogens is 3. The van der Waals surface area contributed by atoms with Gasteiger partial charge < -0.3 is 5.32 Å². The van der Waals surface area contributed by atoms with E-state index < -0.39 is 5.51 Å². The fourth-order valence-corrected chi connectivity index (χ4v) is 1.67. The molecule has 1 N–H and O–H groups in total. The summed E-state index contributed by atoms with van der Waals surface area (Å²) in [7, 11) is 0. The molecule has 0 aliphatic rings. The molecule has 1 aromatic rings. The van der Waals surface area contributed by atoms with Crippen molar-refractivity contribution in [2.24, 2.45) is 0 Å². The van der Waals surface area contributed by atoms with Crippen LogP contribution in [0.25, 0.3) is 0 Å². The summed E-state index contributed by atoms with van der Waals surface area (Å²) in [5.74, 6) is -0.0558. The molecule has 0 amide bonds. The number of thioether (sulfide) groups is 1. The Morgan fingerprint density at radius 1 is 1.41 bits per heavy atom. The Morgan fingerprint density at radius 2 is 2.12 bits per heavy atom. The van der Waals surface area contributed by atoms with Crippen molar-refractivity contribution in [2.75, 3.05) is 17.6 Å². The first kappa shape index (κ1) is 13.7. The minimum absolute atomic E-state index is 0.0558. The summed E-state index contributed by atoms with van der Waals surface area (Å²) < 4.78 is 35.6. The molecule has 92 valence electrons. The number of nitrogens with one attached hydrogen (secondary N) is 1. The molecule has 1 rings (SSSR count). The standard InChI is InChI=1S/C11H11F3N2S/c1-8-2-3-9(7-15)6-10(8)16-4-5-17-11(12,13)14/h2-3,6,16H,4-5H2,1H3. The van der Waals surface area contributed by atoms with Gasteiger partial charge in [-0.3, -0.25) is 0 Å². The molecule has 1 aromatic carbocycles. The summed E-state index contributed by atoms with van der Waals surface area (Å²) in [5.41, 5.74) is -2.10. The monoisotopic (exact) mass is 260 g/mol. The lowest BCUT2D eigenvalue weighted by Crippen LogP contribution is -2.10. The molecule has 0 radical (unpaired) electrons. The van der Waals surface area contributed by atoms with Crippen LogP contribution in [-0.2, 0) is 0 Å². The Morgan fingerprint density at radius 3 is 2.71 bits per heavy atom. The van der Waals surface area contributed by atoms with E-state index in [1.54, 1.807) is 18.2 Å². The molecule has 0 fully saturated rings. The van der Waals surface area contributed by atoms with Gasteiger partial charge in [0, 0.05) is 18.0 Å². The molecule has 2 nitrogen and oxygen atoms in total. The van der Waals surface area contributed by atoms with Crippen molar-refractivity contribution >= 4 is 17.4 Å². The zero-order valence-electron chi connectivity index (χ0n) is 9.14. The van der Waals surface area contributed by atoms with Gasteiger partial charge >= 0.3 is 5.51 Å². The molecule has 0 atom stereocenters. The Kier molecular flexibility index (Phi) is 4.70. The third-order valence-corrected chi connectivity index (χ3v) is 2.79. The highest BCUT2D eigenvalue weighted by Gasteiger charge is 2.27. The lowest BCUT2D eigenvalue weighted by Gasteiger charge is -2.10. The van der Waals surface area contributed by atoms with E-state index in [9.17, 15) is 13.2 Å². The van der Waals surface area contributed by atoms with Crippen LogP contribution in [0.5, 0.6) is 0 Å². The van der Waals surface area contributed by atoms with Gasteiger partial charge in [0.15, 0.2) is 0 Å². The number of nitrogens with zero attached hydrogens (tertiary/aromatic N) is 1. The SMILES string of the molecule is Cc1ccc(C#N)cc1NCCSC(F)(F)F. The van der Waals surface area contributed by atoms with Crippen LogP contribution in [0.1, 0.15) is 11.1 Å². The molecule has 0 saturated heterocycles. The van der Waals surface area contributed by atoms with E-state index in [4.69, 9.17) is 5.26 Å². The number of alkyl halides is 3. The molecule has 0 aliphatic heterocycles. The summed E-state index contributed by atoms with van der Waals surface area (Å²) in [6.07, 6.45) is 0. The number of aryl methyl sites for hydroxylation is 1. The zero-order valence-corrected chi connectivity index (χ0v) is 9.95.